The van der Waals surface area contributed by atoms with Crippen LogP contribution < -0.4 is 15.4 Å². The van der Waals surface area contributed by atoms with Gasteiger partial charge in [-0.25, -0.2) is 0 Å². The van der Waals surface area contributed by atoms with Crippen LogP contribution in [-0.2, 0) is 20.0 Å². The molecule has 0 aliphatic rings. The summed E-state index contributed by atoms with van der Waals surface area (Å²) in [7, 11) is 3.53. The Morgan fingerprint density at radius 3 is 2.42 bits per heavy atom. The van der Waals surface area contributed by atoms with E-state index < -0.39 is 6.36 Å². The van der Waals surface area contributed by atoms with E-state index in [2.05, 4.69) is 25.5 Å². The highest BCUT2D eigenvalue weighted by Crippen LogP contribution is 2.22. The minimum Gasteiger partial charge on any atom is -0.406 e. The van der Waals surface area contributed by atoms with E-state index in [4.69, 9.17) is 0 Å². The van der Waals surface area contributed by atoms with Gasteiger partial charge in [-0.3, -0.25) is 9.67 Å². The van der Waals surface area contributed by atoms with Gasteiger partial charge in [0.15, 0.2) is 5.96 Å². The van der Waals surface area contributed by atoms with Gasteiger partial charge in [-0.2, -0.15) is 5.10 Å². The monoisotopic (exact) mass is 483 g/mol. The second-order valence-electron chi connectivity index (χ2n) is 5.24. The quantitative estimate of drug-likeness (QED) is 0.377. The molecule has 0 radical (unpaired) electrons. The van der Waals surface area contributed by atoms with Gasteiger partial charge in [-0.15, -0.1) is 37.1 Å². The third-order valence-electron chi connectivity index (χ3n) is 3.45. The molecular formula is C16H21F3IN5O. The Morgan fingerprint density at radius 1 is 1.19 bits per heavy atom. The molecule has 0 bridgehead atoms. The van der Waals surface area contributed by atoms with Crippen molar-refractivity contribution in [3.63, 3.8) is 0 Å². The molecular weight excluding hydrogens is 462 g/mol. The molecule has 1 heterocycles. The van der Waals surface area contributed by atoms with Crippen molar-refractivity contribution in [3.8, 4) is 5.75 Å². The molecule has 0 aliphatic carbocycles. The molecule has 6 nitrogen and oxygen atoms in total. The Balaban J connectivity index is 0.00000338. The minimum atomic E-state index is -4.67. The summed E-state index contributed by atoms with van der Waals surface area (Å²) in [6.07, 6.45) is -2.31. The number of nitrogens with zero attached hydrogens (tertiary/aromatic N) is 3. The van der Waals surface area contributed by atoms with E-state index in [9.17, 15) is 13.2 Å². The molecule has 144 valence electrons. The van der Waals surface area contributed by atoms with Crippen LogP contribution in [0, 0.1) is 0 Å². The Labute approximate surface area is 166 Å². The van der Waals surface area contributed by atoms with E-state index in [1.54, 1.807) is 30.1 Å². The zero-order valence-corrected chi connectivity index (χ0v) is 16.7. The number of hydrogen-bond donors (Lipinski definition) is 2. The minimum absolute atomic E-state index is 0. The van der Waals surface area contributed by atoms with Gasteiger partial charge < -0.3 is 15.4 Å². The van der Waals surface area contributed by atoms with Gasteiger partial charge in [0.25, 0.3) is 0 Å². The van der Waals surface area contributed by atoms with Gasteiger partial charge in [0.05, 0.1) is 12.2 Å². The topological polar surface area (TPSA) is 63.5 Å². The number of guanidine groups is 1. The SMILES string of the molecule is CN=C(NCCc1ccc(OC(F)(F)F)cc1)NCc1ccnn1C.I. The fourth-order valence-electron chi connectivity index (χ4n) is 2.15. The molecule has 2 aromatic rings. The van der Waals surface area contributed by atoms with Crippen LogP contribution in [-0.4, -0.2) is 35.7 Å². The van der Waals surface area contributed by atoms with Gasteiger partial charge >= 0.3 is 6.36 Å². The van der Waals surface area contributed by atoms with Crippen molar-refractivity contribution in [1.82, 2.24) is 20.4 Å². The Kier molecular flexibility index (Phi) is 8.69. The summed E-state index contributed by atoms with van der Waals surface area (Å²) in [5, 5.41) is 10.4. The first-order valence-corrected chi connectivity index (χ1v) is 7.63. The fourth-order valence-corrected chi connectivity index (χ4v) is 2.15. The maximum atomic E-state index is 12.1. The summed E-state index contributed by atoms with van der Waals surface area (Å²) < 4.78 is 42.0. The lowest BCUT2D eigenvalue weighted by Crippen LogP contribution is -2.38. The highest BCUT2D eigenvalue weighted by atomic mass is 127. The molecule has 1 aromatic heterocycles. The first-order chi connectivity index (χ1) is 11.9. The normalized spacial score (nSPS) is 11.7. The van der Waals surface area contributed by atoms with Crippen LogP contribution in [0.2, 0.25) is 0 Å². The summed E-state index contributed by atoms with van der Waals surface area (Å²) >= 11 is 0. The molecule has 0 saturated heterocycles. The van der Waals surface area contributed by atoms with Crippen molar-refractivity contribution in [3.05, 3.63) is 47.8 Å². The van der Waals surface area contributed by atoms with Crippen LogP contribution in [0.5, 0.6) is 5.75 Å². The molecule has 0 spiro atoms. The fraction of sp³-hybridized carbons (Fsp3) is 0.375. The van der Waals surface area contributed by atoms with E-state index in [0.717, 1.165) is 11.3 Å². The largest absolute Gasteiger partial charge is 0.573 e. The molecule has 0 atom stereocenters. The van der Waals surface area contributed by atoms with Gasteiger partial charge in [0.1, 0.15) is 5.75 Å². The number of benzene rings is 1. The second kappa shape index (κ2) is 10.2. The van der Waals surface area contributed by atoms with Crippen molar-refractivity contribution >= 4 is 29.9 Å². The summed E-state index contributed by atoms with van der Waals surface area (Å²) in [4.78, 5) is 4.12. The predicted octanol–water partition coefficient (Wildman–Crippen LogP) is 2.84. The smallest absolute Gasteiger partial charge is 0.406 e. The molecule has 2 N–H and O–H groups in total. The second-order valence-corrected chi connectivity index (χ2v) is 5.24. The van der Waals surface area contributed by atoms with Crippen molar-refractivity contribution in [1.29, 1.82) is 0 Å². The highest BCUT2D eigenvalue weighted by molar-refractivity contribution is 14.0. The zero-order chi connectivity index (χ0) is 18.3. The van der Waals surface area contributed by atoms with Gasteiger partial charge in [-0.05, 0) is 30.2 Å². The van der Waals surface area contributed by atoms with Crippen LogP contribution in [0.15, 0.2) is 41.5 Å². The van der Waals surface area contributed by atoms with E-state index in [1.807, 2.05) is 13.1 Å². The molecule has 2 rings (SSSR count). The highest BCUT2D eigenvalue weighted by Gasteiger charge is 2.30. The number of aromatic nitrogens is 2. The number of alkyl halides is 3. The van der Waals surface area contributed by atoms with Crippen molar-refractivity contribution in [2.45, 2.75) is 19.3 Å². The summed E-state index contributed by atoms with van der Waals surface area (Å²) in [5.74, 6) is 0.413. The number of ether oxygens (including phenoxy) is 1. The molecule has 0 amide bonds. The van der Waals surface area contributed by atoms with Crippen molar-refractivity contribution < 1.29 is 17.9 Å². The van der Waals surface area contributed by atoms with Gasteiger partial charge in [0, 0.05) is 26.8 Å². The lowest BCUT2D eigenvalue weighted by molar-refractivity contribution is -0.274. The first-order valence-electron chi connectivity index (χ1n) is 7.63. The number of rotatable bonds is 6. The first kappa shape index (κ1) is 22.1. The Morgan fingerprint density at radius 2 is 1.88 bits per heavy atom. The molecule has 26 heavy (non-hydrogen) atoms. The van der Waals surface area contributed by atoms with Crippen molar-refractivity contribution in [2.75, 3.05) is 13.6 Å². The van der Waals surface area contributed by atoms with E-state index in [1.165, 1.54) is 12.1 Å². The molecule has 10 heteroatoms. The maximum absolute atomic E-state index is 12.1. The molecule has 0 fully saturated rings. The molecule has 1 aromatic carbocycles. The Bertz CT molecular complexity index is 701. The number of aliphatic imine (C=N–C) groups is 1. The van der Waals surface area contributed by atoms with Crippen LogP contribution >= 0.6 is 24.0 Å². The van der Waals surface area contributed by atoms with Crippen LogP contribution in [0.3, 0.4) is 0 Å². The molecule has 0 aliphatic heterocycles. The third kappa shape index (κ3) is 7.50. The van der Waals surface area contributed by atoms with Gasteiger partial charge in [-0.1, -0.05) is 12.1 Å². The molecule has 0 saturated carbocycles. The number of hydrogen-bond acceptors (Lipinski definition) is 3. The predicted molar refractivity (Wildman–Crippen MR) is 104 cm³/mol. The average molecular weight is 483 g/mol. The lowest BCUT2D eigenvalue weighted by atomic mass is 10.1. The van der Waals surface area contributed by atoms with Gasteiger partial charge in [0.2, 0.25) is 0 Å². The van der Waals surface area contributed by atoms with E-state index >= 15 is 0 Å². The summed E-state index contributed by atoms with van der Waals surface area (Å²) in [6, 6.07) is 7.73. The molecule has 0 unspecified atom stereocenters. The van der Waals surface area contributed by atoms with Crippen LogP contribution in [0.4, 0.5) is 13.2 Å². The van der Waals surface area contributed by atoms with Crippen molar-refractivity contribution in [2.24, 2.45) is 12.0 Å². The van der Waals surface area contributed by atoms with E-state index in [-0.39, 0.29) is 29.7 Å². The summed E-state index contributed by atoms with van der Waals surface area (Å²) in [5.41, 5.74) is 1.91. The Hall–Kier alpha value is -1.98. The number of aryl methyl sites for hydroxylation is 1. The van der Waals surface area contributed by atoms with Crippen LogP contribution in [0.25, 0.3) is 0 Å². The average Bonchev–Trinajstić information content (AvgIpc) is 2.96. The van der Waals surface area contributed by atoms with E-state index in [0.29, 0.717) is 25.5 Å². The lowest BCUT2D eigenvalue weighted by Gasteiger charge is -2.12. The van der Waals surface area contributed by atoms with Crippen LogP contribution in [0.1, 0.15) is 11.3 Å². The maximum Gasteiger partial charge on any atom is 0.573 e. The zero-order valence-electron chi connectivity index (χ0n) is 14.4. The summed E-state index contributed by atoms with van der Waals surface area (Å²) in [6.45, 7) is 1.17. The number of nitrogens with one attached hydrogen (secondary N) is 2. The number of halogens is 4. The standard InChI is InChI=1S/C16H20F3N5O.HI/c1-20-15(22-11-13-8-10-23-24(13)2)21-9-7-12-3-5-14(6-4-12)25-16(17,18)19;/h3-6,8,10H,7,9,11H2,1-2H3,(H2,20,21,22);1H. The third-order valence-corrected chi connectivity index (χ3v) is 3.45.